The normalized spacial score (nSPS) is 12.3. The number of para-hydroxylation sites is 1. The summed E-state index contributed by atoms with van der Waals surface area (Å²) in [5.74, 6) is 0. The van der Waals surface area contributed by atoms with E-state index in [-0.39, 0.29) is 28.1 Å². The number of benzene rings is 2. The first-order valence-corrected chi connectivity index (χ1v) is 10.8. The van der Waals surface area contributed by atoms with Crippen molar-refractivity contribution in [3.63, 3.8) is 0 Å². The van der Waals surface area contributed by atoms with Crippen molar-refractivity contribution in [3.05, 3.63) is 71.5 Å². The Balaban J connectivity index is 1.76. The monoisotopic (exact) mass is 441 g/mol. The zero-order valence-corrected chi connectivity index (χ0v) is 17.2. The minimum atomic E-state index is -4.42. The molecule has 10 heteroatoms. The summed E-state index contributed by atoms with van der Waals surface area (Å²) in [4.78, 5) is -0.179. The first-order valence-electron chi connectivity index (χ1n) is 8.53. The lowest BCUT2D eigenvalue weighted by Gasteiger charge is -2.09. The molecule has 0 bridgehead atoms. The van der Waals surface area contributed by atoms with Crippen LogP contribution in [-0.4, -0.2) is 23.7 Å². The molecule has 154 valence electrons. The van der Waals surface area contributed by atoms with Crippen LogP contribution in [0.15, 0.2) is 64.4 Å². The topological polar surface area (TPSA) is 64.0 Å². The summed E-state index contributed by atoms with van der Waals surface area (Å²) >= 11 is -0.291. The molecule has 5 nitrogen and oxygen atoms in total. The SMILES string of the molecule is Cc1nn(-c2ccccc2)c(C)c1CNS(=O)(=O)c1ccc(SC(F)(F)F)cc1. The number of hydrogen-bond acceptors (Lipinski definition) is 4. The fourth-order valence-electron chi connectivity index (χ4n) is 2.82. The van der Waals surface area contributed by atoms with Crippen LogP contribution in [0.4, 0.5) is 13.2 Å². The molecule has 1 aromatic heterocycles. The third-order valence-electron chi connectivity index (χ3n) is 4.25. The van der Waals surface area contributed by atoms with Gasteiger partial charge in [-0.3, -0.25) is 0 Å². The quantitative estimate of drug-likeness (QED) is 0.569. The molecule has 3 aromatic rings. The third-order valence-corrected chi connectivity index (χ3v) is 6.40. The van der Waals surface area contributed by atoms with E-state index in [9.17, 15) is 21.6 Å². The predicted octanol–water partition coefficient (Wildman–Crippen LogP) is 4.58. The van der Waals surface area contributed by atoms with Gasteiger partial charge in [0.05, 0.1) is 16.3 Å². The molecule has 0 aliphatic rings. The number of thioether (sulfide) groups is 1. The van der Waals surface area contributed by atoms with E-state index >= 15 is 0 Å². The van der Waals surface area contributed by atoms with E-state index in [1.807, 2.05) is 37.3 Å². The van der Waals surface area contributed by atoms with Gasteiger partial charge in [-0.05, 0) is 62.0 Å². The first kappa shape index (κ1) is 21.4. The van der Waals surface area contributed by atoms with Crippen molar-refractivity contribution in [1.29, 1.82) is 0 Å². The van der Waals surface area contributed by atoms with E-state index in [4.69, 9.17) is 0 Å². The van der Waals surface area contributed by atoms with Gasteiger partial charge in [0.15, 0.2) is 0 Å². The Bertz CT molecular complexity index is 1090. The van der Waals surface area contributed by atoms with Crippen LogP contribution in [-0.2, 0) is 16.6 Å². The van der Waals surface area contributed by atoms with Gasteiger partial charge >= 0.3 is 5.51 Å². The molecule has 1 N–H and O–H groups in total. The van der Waals surface area contributed by atoms with E-state index in [0.717, 1.165) is 41.2 Å². The Morgan fingerprint density at radius 1 is 1.03 bits per heavy atom. The maximum atomic E-state index is 12.5. The van der Waals surface area contributed by atoms with Gasteiger partial charge in [-0.2, -0.15) is 18.3 Å². The lowest BCUT2D eigenvalue weighted by atomic mass is 10.2. The second-order valence-corrected chi connectivity index (χ2v) is 9.15. The molecular weight excluding hydrogens is 423 g/mol. The van der Waals surface area contributed by atoms with Crippen molar-refractivity contribution in [3.8, 4) is 5.69 Å². The van der Waals surface area contributed by atoms with Crippen molar-refractivity contribution in [2.75, 3.05) is 0 Å². The summed E-state index contributed by atoms with van der Waals surface area (Å²) in [6.45, 7) is 3.66. The fourth-order valence-corrected chi connectivity index (χ4v) is 4.36. The maximum absolute atomic E-state index is 12.5. The summed E-state index contributed by atoms with van der Waals surface area (Å²) in [5, 5.41) is 4.47. The van der Waals surface area contributed by atoms with Crippen molar-refractivity contribution in [1.82, 2.24) is 14.5 Å². The van der Waals surface area contributed by atoms with Crippen molar-refractivity contribution >= 4 is 21.8 Å². The second-order valence-electron chi connectivity index (χ2n) is 6.24. The van der Waals surface area contributed by atoms with Gasteiger partial charge in [-0.1, -0.05) is 18.2 Å². The van der Waals surface area contributed by atoms with Gasteiger partial charge in [-0.15, -0.1) is 0 Å². The van der Waals surface area contributed by atoms with Crippen LogP contribution in [0.25, 0.3) is 5.69 Å². The fraction of sp³-hybridized carbons (Fsp3) is 0.211. The molecule has 3 rings (SSSR count). The average molecular weight is 442 g/mol. The molecule has 0 amide bonds. The highest BCUT2D eigenvalue weighted by Gasteiger charge is 2.29. The summed E-state index contributed by atoms with van der Waals surface area (Å²) in [5.41, 5.74) is -1.34. The van der Waals surface area contributed by atoms with Gasteiger partial charge in [0.2, 0.25) is 10.0 Å². The van der Waals surface area contributed by atoms with Crippen molar-refractivity contribution in [2.24, 2.45) is 0 Å². The van der Waals surface area contributed by atoms with Gasteiger partial charge in [-0.25, -0.2) is 17.8 Å². The van der Waals surface area contributed by atoms with Gasteiger partial charge in [0.25, 0.3) is 0 Å². The highest BCUT2D eigenvalue weighted by atomic mass is 32.2. The van der Waals surface area contributed by atoms with Crippen molar-refractivity contribution in [2.45, 2.75) is 35.7 Å². The summed E-state index contributed by atoms with van der Waals surface area (Å²) in [7, 11) is -3.89. The smallest absolute Gasteiger partial charge is 0.238 e. The third kappa shape index (κ3) is 5.20. The Morgan fingerprint density at radius 2 is 1.66 bits per heavy atom. The van der Waals surface area contributed by atoms with E-state index < -0.39 is 15.5 Å². The second kappa shape index (κ2) is 8.21. The number of sulfonamides is 1. The Hall–Kier alpha value is -2.30. The molecule has 0 spiro atoms. The first-order chi connectivity index (χ1) is 13.6. The van der Waals surface area contributed by atoms with E-state index in [0.29, 0.717) is 5.69 Å². The van der Waals surface area contributed by atoms with Crippen LogP contribution >= 0.6 is 11.8 Å². The molecule has 0 aliphatic heterocycles. The number of nitrogens with zero attached hydrogens (tertiary/aromatic N) is 2. The van der Waals surface area contributed by atoms with Crippen LogP contribution < -0.4 is 4.72 Å². The molecule has 29 heavy (non-hydrogen) atoms. The van der Waals surface area contributed by atoms with Crippen molar-refractivity contribution < 1.29 is 21.6 Å². The molecule has 1 heterocycles. The highest BCUT2D eigenvalue weighted by molar-refractivity contribution is 8.00. The molecule has 0 saturated carbocycles. The zero-order valence-electron chi connectivity index (χ0n) is 15.6. The number of nitrogens with one attached hydrogen (secondary N) is 1. The number of alkyl halides is 3. The predicted molar refractivity (Wildman–Crippen MR) is 105 cm³/mol. The molecule has 0 atom stereocenters. The molecule has 0 unspecified atom stereocenters. The lowest BCUT2D eigenvalue weighted by Crippen LogP contribution is -2.23. The highest BCUT2D eigenvalue weighted by Crippen LogP contribution is 2.36. The summed E-state index contributed by atoms with van der Waals surface area (Å²) < 4.78 is 66.5. The number of rotatable bonds is 6. The molecule has 0 saturated heterocycles. The molecule has 0 fully saturated rings. The minimum absolute atomic E-state index is 0.0197. The molecular formula is C19H18F3N3O2S2. The number of aromatic nitrogens is 2. The van der Waals surface area contributed by atoms with Gasteiger partial charge < -0.3 is 0 Å². The van der Waals surface area contributed by atoms with E-state index in [1.165, 1.54) is 0 Å². The standard InChI is InChI=1S/C19H18F3N3O2S2/c1-13-18(14(2)25(24-13)15-6-4-3-5-7-15)12-23-29(26,27)17-10-8-16(9-11-17)28-19(20,21)22/h3-11,23H,12H2,1-2H3. The van der Waals surface area contributed by atoms with Gasteiger partial charge in [0.1, 0.15) is 0 Å². The van der Waals surface area contributed by atoms with Crippen LogP contribution in [0.3, 0.4) is 0 Å². The van der Waals surface area contributed by atoms with Gasteiger partial charge in [0, 0.05) is 22.7 Å². The molecule has 0 radical (unpaired) electrons. The summed E-state index contributed by atoms with van der Waals surface area (Å²) in [6.07, 6.45) is 0. The lowest BCUT2D eigenvalue weighted by molar-refractivity contribution is -0.0328. The van der Waals surface area contributed by atoms with Crippen LogP contribution in [0, 0.1) is 13.8 Å². The number of aryl methyl sites for hydroxylation is 1. The van der Waals surface area contributed by atoms with Crippen LogP contribution in [0.2, 0.25) is 0 Å². The Kier molecular flexibility index (Phi) is 6.06. The van der Waals surface area contributed by atoms with E-state index in [1.54, 1.807) is 11.6 Å². The van der Waals surface area contributed by atoms with Crippen LogP contribution in [0.1, 0.15) is 17.0 Å². The minimum Gasteiger partial charge on any atom is -0.238 e. The van der Waals surface area contributed by atoms with Crippen LogP contribution in [0.5, 0.6) is 0 Å². The number of halogens is 3. The summed E-state index contributed by atoms with van der Waals surface area (Å²) in [6, 6.07) is 14.0. The largest absolute Gasteiger partial charge is 0.446 e. The molecule has 0 aliphatic carbocycles. The maximum Gasteiger partial charge on any atom is 0.446 e. The number of hydrogen-bond donors (Lipinski definition) is 1. The average Bonchev–Trinajstić information content (AvgIpc) is 2.94. The Labute approximate surface area is 171 Å². The van der Waals surface area contributed by atoms with E-state index in [2.05, 4.69) is 9.82 Å². The molecule has 2 aromatic carbocycles. The zero-order chi connectivity index (χ0) is 21.2. The Morgan fingerprint density at radius 3 is 2.24 bits per heavy atom.